The Bertz CT molecular complexity index is 804. The number of aryl methyl sites for hydroxylation is 2. The molecule has 1 amide bonds. The summed E-state index contributed by atoms with van der Waals surface area (Å²) in [6.07, 6.45) is 3.32. The first-order chi connectivity index (χ1) is 9.54. The number of benzene rings is 1. The van der Waals surface area contributed by atoms with E-state index in [-0.39, 0.29) is 5.91 Å². The molecule has 0 radical (unpaired) electrons. The van der Waals surface area contributed by atoms with Crippen LogP contribution in [0.4, 0.5) is 5.69 Å². The van der Waals surface area contributed by atoms with Crippen LogP contribution in [0.15, 0.2) is 39.5 Å². The highest BCUT2D eigenvalue weighted by atomic mass is 79.9. The number of amides is 1. The van der Waals surface area contributed by atoms with Crippen LogP contribution in [0.25, 0.3) is 11.0 Å². The van der Waals surface area contributed by atoms with E-state index in [9.17, 15) is 4.79 Å². The highest BCUT2D eigenvalue weighted by Crippen LogP contribution is 2.28. The van der Waals surface area contributed by atoms with Crippen molar-refractivity contribution in [2.45, 2.75) is 6.92 Å². The van der Waals surface area contributed by atoms with E-state index in [0.29, 0.717) is 17.0 Å². The summed E-state index contributed by atoms with van der Waals surface area (Å²) in [6, 6.07) is 5.70. The zero-order valence-corrected chi connectivity index (χ0v) is 12.6. The number of nitrogens with one attached hydrogen (secondary N) is 1. The van der Waals surface area contributed by atoms with Gasteiger partial charge in [0.25, 0.3) is 5.91 Å². The van der Waals surface area contributed by atoms with E-state index in [0.717, 1.165) is 15.4 Å². The molecule has 2 aromatic heterocycles. The van der Waals surface area contributed by atoms with Crippen LogP contribution in [0.5, 0.6) is 0 Å². The molecule has 0 unspecified atom stereocenters. The van der Waals surface area contributed by atoms with Crippen LogP contribution < -0.4 is 5.32 Å². The Morgan fingerprint density at radius 3 is 2.95 bits per heavy atom. The molecule has 2 heterocycles. The standard InChI is InChI=1S/C14H12BrN3O2/c1-8-11-4-3-9(15)5-12(11)20-13(8)14(19)17-10-6-16-18(2)7-10/h3-7H,1-2H3,(H,17,19). The van der Waals surface area contributed by atoms with E-state index in [1.807, 2.05) is 25.1 Å². The van der Waals surface area contributed by atoms with E-state index >= 15 is 0 Å². The summed E-state index contributed by atoms with van der Waals surface area (Å²) >= 11 is 3.39. The molecule has 0 aliphatic carbocycles. The van der Waals surface area contributed by atoms with Crippen molar-refractivity contribution in [3.8, 4) is 0 Å². The summed E-state index contributed by atoms with van der Waals surface area (Å²) < 4.78 is 8.19. The molecule has 1 aromatic carbocycles. The fourth-order valence-electron chi connectivity index (χ4n) is 2.09. The second kappa shape index (κ2) is 4.79. The third-order valence-electron chi connectivity index (χ3n) is 3.07. The van der Waals surface area contributed by atoms with E-state index in [1.54, 1.807) is 24.1 Å². The molecule has 6 heteroatoms. The second-order valence-electron chi connectivity index (χ2n) is 4.55. The molecular weight excluding hydrogens is 322 g/mol. The Morgan fingerprint density at radius 1 is 1.45 bits per heavy atom. The minimum Gasteiger partial charge on any atom is -0.451 e. The van der Waals surface area contributed by atoms with Crippen LogP contribution in [0.1, 0.15) is 16.1 Å². The van der Waals surface area contributed by atoms with Gasteiger partial charge in [-0.15, -0.1) is 0 Å². The van der Waals surface area contributed by atoms with E-state index in [2.05, 4.69) is 26.3 Å². The van der Waals surface area contributed by atoms with Crippen molar-refractivity contribution in [3.05, 3.63) is 46.4 Å². The molecular formula is C14H12BrN3O2. The molecule has 0 atom stereocenters. The number of carbonyl (C=O) groups is 1. The van der Waals surface area contributed by atoms with Gasteiger partial charge < -0.3 is 9.73 Å². The van der Waals surface area contributed by atoms with Gasteiger partial charge in [0.1, 0.15) is 5.58 Å². The van der Waals surface area contributed by atoms with Crippen molar-refractivity contribution in [3.63, 3.8) is 0 Å². The van der Waals surface area contributed by atoms with Crippen LogP contribution in [0.3, 0.4) is 0 Å². The summed E-state index contributed by atoms with van der Waals surface area (Å²) in [7, 11) is 1.79. The smallest absolute Gasteiger partial charge is 0.291 e. The summed E-state index contributed by atoms with van der Waals surface area (Å²) in [5.74, 6) is 0.0461. The maximum absolute atomic E-state index is 12.2. The number of furan rings is 1. The first-order valence-electron chi connectivity index (χ1n) is 6.03. The molecule has 0 bridgehead atoms. The first-order valence-corrected chi connectivity index (χ1v) is 6.82. The molecule has 0 aliphatic heterocycles. The average molecular weight is 334 g/mol. The maximum Gasteiger partial charge on any atom is 0.291 e. The summed E-state index contributed by atoms with van der Waals surface area (Å²) in [6.45, 7) is 1.87. The summed E-state index contributed by atoms with van der Waals surface area (Å²) in [4.78, 5) is 12.2. The van der Waals surface area contributed by atoms with Crippen LogP contribution in [0, 0.1) is 6.92 Å². The van der Waals surface area contributed by atoms with Crippen molar-refractivity contribution in [2.24, 2.45) is 7.05 Å². The first kappa shape index (κ1) is 12.9. The van der Waals surface area contributed by atoms with Crippen molar-refractivity contribution in [1.82, 2.24) is 9.78 Å². The van der Waals surface area contributed by atoms with Gasteiger partial charge in [-0.3, -0.25) is 9.48 Å². The van der Waals surface area contributed by atoms with E-state index in [1.165, 1.54) is 0 Å². The van der Waals surface area contributed by atoms with Crippen molar-refractivity contribution >= 4 is 38.5 Å². The molecule has 0 saturated heterocycles. The summed E-state index contributed by atoms with van der Waals surface area (Å²) in [5, 5.41) is 7.71. The zero-order valence-electron chi connectivity index (χ0n) is 11.0. The minimum absolute atomic E-state index is 0.275. The Labute approximate surface area is 123 Å². The molecule has 5 nitrogen and oxygen atoms in total. The van der Waals surface area contributed by atoms with Crippen LogP contribution >= 0.6 is 15.9 Å². The van der Waals surface area contributed by atoms with Gasteiger partial charge in [-0.1, -0.05) is 15.9 Å². The minimum atomic E-state index is -0.275. The van der Waals surface area contributed by atoms with Gasteiger partial charge in [0.05, 0.1) is 11.9 Å². The molecule has 20 heavy (non-hydrogen) atoms. The lowest BCUT2D eigenvalue weighted by molar-refractivity contribution is 0.0998. The lowest BCUT2D eigenvalue weighted by Gasteiger charge is -1.99. The van der Waals surface area contributed by atoms with Gasteiger partial charge in [-0.25, -0.2) is 0 Å². The number of halogens is 1. The van der Waals surface area contributed by atoms with Crippen LogP contribution in [-0.4, -0.2) is 15.7 Å². The van der Waals surface area contributed by atoms with Gasteiger partial charge in [0, 0.05) is 28.7 Å². The molecule has 0 aliphatic rings. The SMILES string of the molecule is Cc1c(C(=O)Nc2cnn(C)c2)oc2cc(Br)ccc12. The lowest BCUT2D eigenvalue weighted by Crippen LogP contribution is -2.11. The van der Waals surface area contributed by atoms with Crippen LogP contribution in [-0.2, 0) is 7.05 Å². The normalized spacial score (nSPS) is 10.9. The third-order valence-corrected chi connectivity index (χ3v) is 3.56. The monoisotopic (exact) mass is 333 g/mol. The molecule has 0 fully saturated rings. The quantitative estimate of drug-likeness (QED) is 0.780. The van der Waals surface area contributed by atoms with Crippen molar-refractivity contribution in [1.29, 1.82) is 0 Å². The van der Waals surface area contributed by atoms with Gasteiger partial charge in [0.2, 0.25) is 0 Å². The average Bonchev–Trinajstić information content (AvgIpc) is 2.94. The number of nitrogens with zero attached hydrogens (tertiary/aromatic N) is 2. The molecule has 0 spiro atoms. The van der Waals surface area contributed by atoms with Gasteiger partial charge in [-0.05, 0) is 25.1 Å². The maximum atomic E-state index is 12.2. The molecule has 1 N–H and O–H groups in total. The molecule has 0 saturated carbocycles. The molecule has 102 valence electrons. The number of rotatable bonds is 2. The highest BCUT2D eigenvalue weighted by Gasteiger charge is 2.18. The van der Waals surface area contributed by atoms with Crippen molar-refractivity contribution < 1.29 is 9.21 Å². The fourth-order valence-corrected chi connectivity index (χ4v) is 2.43. The van der Waals surface area contributed by atoms with E-state index < -0.39 is 0 Å². The predicted octanol–water partition coefficient (Wildman–Crippen LogP) is 3.49. The lowest BCUT2D eigenvalue weighted by atomic mass is 10.1. The Morgan fingerprint density at radius 2 is 2.25 bits per heavy atom. The Kier molecular flexibility index (Phi) is 3.10. The van der Waals surface area contributed by atoms with Crippen molar-refractivity contribution in [2.75, 3.05) is 5.32 Å². The number of aromatic nitrogens is 2. The highest BCUT2D eigenvalue weighted by molar-refractivity contribution is 9.10. The number of hydrogen-bond acceptors (Lipinski definition) is 3. The number of carbonyl (C=O) groups excluding carboxylic acids is 1. The Hall–Kier alpha value is -2.08. The zero-order chi connectivity index (χ0) is 14.3. The van der Waals surface area contributed by atoms with E-state index in [4.69, 9.17) is 4.42 Å². The third kappa shape index (κ3) is 2.22. The van der Waals surface area contributed by atoms with Gasteiger partial charge >= 0.3 is 0 Å². The molecule has 3 rings (SSSR count). The summed E-state index contributed by atoms with van der Waals surface area (Å²) in [5.41, 5.74) is 2.15. The molecule has 3 aromatic rings. The fraction of sp³-hybridized carbons (Fsp3) is 0.143. The predicted molar refractivity (Wildman–Crippen MR) is 79.8 cm³/mol. The number of hydrogen-bond donors (Lipinski definition) is 1. The number of fused-ring (bicyclic) bond motifs is 1. The van der Waals surface area contributed by atoms with Gasteiger partial charge in [-0.2, -0.15) is 5.10 Å². The largest absolute Gasteiger partial charge is 0.451 e. The van der Waals surface area contributed by atoms with Gasteiger partial charge in [0.15, 0.2) is 5.76 Å². The Balaban J connectivity index is 1.97. The topological polar surface area (TPSA) is 60.1 Å². The second-order valence-corrected chi connectivity index (χ2v) is 5.47. The van der Waals surface area contributed by atoms with Crippen LogP contribution in [0.2, 0.25) is 0 Å². The number of anilines is 1.